The average molecular weight is 243 g/mol. The normalized spacial score (nSPS) is 19.9. The summed E-state index contributed by atoms with van der Waals surface area (Å²) in [5, 5.41) is 20.6. The lowest BCUT2D eigenvalue weighted by molar-refractivity contribution is -0.140. The fraction of sp³-hybridized carbons (Fsp3) is 0.833. The van der Waals surface area contributed by atoms with Gasteiger partial charge < -0.3 is 15.5 Å². The van der Waals surface area contributed by atoms with Crippen molar-refractivity contribution in [2.75, 3.05) is 6.54 Å². The van der Waals surface area contributed by atoms with Crippen LogP contribution in [0.3, 0.4) is 0 Å². The van der Waals surface area contributed by atoms with Gasteiger partial charge in [-0.15, -0.1) is 0 Å². The van der Waals surface area contributed by atoms with E-state index in [1.54, 1.807) is 6.92 Å². The number of amides is 1. The third-order valence-corrected chi connectivity index (χ3v) is 3.32. The van der Waals surface area contributed by atoms with Crippen molar-refractivity contribution in [2.45, 2.75) is 51.6 Å². The lowest BCUT2D eigenvalue weighted by atomic mass is 9.79. The van der Waals surface area contributed by atoms with Crippen molar-refractivity contribution in [1.82, 2.24) is 5.32 Å². The van der Waals surface area contributed by atoms with E-state index in [4.69, 9.17) is 10.2 Å². The summed E-state index contributed by atoms with van der Waals surface area (Å²) < 4.78 is 0. The van der Waals surface area contributed by atoms with Gasteiger partial charge in [-0.2, -0.15) is 0 Å². The van der Waals surface area contributed by atoms with Gasteiger partial charge in [-0.05, 0) is 25.2 Å². The molecule has 1 rings (SSSR count). The Balaban J connectivity index is 2.49. The highest BCUT2D eigenvalue weighted by Gasteiger charge is 2.37. The number of hydrogen-bond acceptors (Lipinski definition) is 3. The third-order valence-electron chi connectivity index (χ3n) is 3.32. The summed E-state index contributed by atoms with van der Waals surface area (Å²) in [6.45, 7) is 1.82. The average Bonchev–Trinajstić information content (AvgIpc) is 2.62. The van der Waals surface area contributed by atoms with Gasteiger partial charge in [0, 0.05) is 13.0 Å². The zero-order valence-corrected chi connectivity index (χ0v) is 10.2. The Morgan fingerprint density at radius 1 is 1.29 bits per heavy atom. The van der Waals surface area contributed by atoms with Gasteiger partial charge in [-0.3, -0.25) is 9.59 Å². The van der Waals surface area contributed by atoms with Gasteiger partial charge in [0.05, 0.1) is 12.5 Å². The highest BCUT2D eigenvalue weighted by atomic mass is 16.4. The summed E-state index contributed by atoms with van der Waals surface area (Å²) in [5.41, 5.74) is -0.366. The lowest BCUT2D eigenvalue weighted by Gasteiger charge is -2.26. The first-order valence-corrected chi connectivity index (χ1v) is 6.10. The van der Waals surface area contributed by atoms with Crippen LogP contribution in [0.2, 0.25) is 0 Å². The summed E-state index contributed by atoms with van der Waals surface area (Å²) in [6.07, 6.45) is 3.36. The van der Waals surface area contributed by atoms with E-state index in [1.165, 1.54) is 0 Å². The van der Waals surface area contributed by atoms with Crippen LogP contribution in [0, 0.1) is 5.41 Å². The first-order valence-electron chi connectivity index (χ1n) is 6.10. The summed E-state index contributed by atoms with van der Waals surface area (Å²) in [7, 11) is 0. The smallest absolute Gasteiger partial charge is 0.303 e. The predicted molar refractivity (Wildman–Crippen MR) is 62.5 cm³/mol. The highest BCUT2D eigenvalue weighted by Crippen LogP contribution is 2.43. The van der Waals surface area contributed by atoms with Crippen molar-refractivity contribution in [1.29, 1.82) is 0 Å². The molecular formula is C12H21NO4. The van der Waals surface area contributed by atoms with Crippen molar-refractivity contribution in [3.05, 3.63) is 0 Å². The Labute approximate surface area is 101 Å². The first kappa shape index (κ1) is 14.0. The van der Waals surface area contributed by atoms with Crippen molar-refractivity contribution < 1.29 is 19.8 Å². The molecule has 0 bridgehead atoms. The molecule has 0 aromatic carbocycles. The fourth-order valence-corrected chi connectivity index (χ4v) is 2.53. The van der Waals surface area contributed by atoms with E-state index in [2.05, 4.69) is 5.32 Å². The van der Waals surface area contributed by atoms with E-state index < -0.39 is 12.1 Å². The van der Waals surface area contributed by atoms with E-state index >= 15 is 0 Å². The van der Waals surface area contributed by atoms with Crippen LogP contribution < -0.4 is 5.32 Å². The maximum Gasteiger partial charge on any atom is 0.303 e. The fourth-order valence-electron chi connectivity index (χ4n) is 2.53. The molecule has 0 heterocycles. The predicted octanol–water partition coefficient (Wildman–Crippen LogP) is 0.909. The maximum absolute atomic E-state index is 11.7. The van der Waals surface area contributed by atoms with Gasteiger partial charge in [-0.1, -0.05) is 12.8 Å². The van der Waals surface area contributed by atoms with Gasteiger partial charge >= 0.3 is 5.97 Å². The molecular weight excluding hydrogens is 222 g/mol. The van der Waals surface area contributed by atoms with Crippen molar-refractivity contribution >= 4 is 11.9 Å². The number of aliphatic hydroxyl groups excluding tert-OH is 1. The summed E-state index contributed by atoms with van der Waals surface area (Å²) in [5.74, 6) is -0.996. The molecule has 98 valence electrons. The minimum atomic E-state index is -0.838. The largest absolute Gasteiger partial charge is 0.481 e. The summed E-state index contributed by atoms with van der Waals surface area (Å²) in [4.78, 5) is 22.5. The quantitative estimate of drug-likeness (QED) is 0.647. The SMILES string of the molecule is C[C@@H](O)CNC(=O)CC1(CC(=O)O)CCCC1. The van der Waals surface area contributed by atoms with Gasteiger partial charge in [0.2, 0.25) is 5.91 Å². The van der Waals surface area contributed by atoms with Crippen LogP contribution in [0.1, 0.15) is 45.4 Å². The monoisotopic (exact) mass is 243 g/mol. The minimum Gasteiger partial charge on any atom is -0.481 e. The third kappa shape index (κ3) is 4.73. The zero-order chi connectivity index (χ0) is 12.9. The zero-order valence-electron chi connectivity index (χ0n) is 10.2. The molecule has 0 saturated heterocycles. The Morgan fingerprint density at radius 2 is 1.88 bits per heavy atom. The highest BCUT2D eigenvalue weighted by molar-refractivity contribution is 5.78. The Bertz CT molecular complexity index is 282. The standard InChI is InChI=1S/C12H21NO4/c1-9(14)8-13-10(15)6-12(7-11(16)17)4-2-3-5-12/h9,14H,2-8H2,1H3,(H,13,15)(H,16,17)/t9-/m1/s1. The molecule has 1 aliphatic carbocycles. The molecule has 0 spiro atoms. The van der Waals surface area contributed by atoms with Crippen molar-refractivity contribution in [3.8, 4) is 0 Å². The Hall–Kier alpha value is -1.10. The first-order chi connectivity index (χ1) is 7.93. The van der Waals surface area contributed by atoms with Gasteiger partial charge in [0.15, 0.2) is 0 Å². The molecule has 0 radical (unpaired) electrons. The Morgan fingerprint density at radius 3 is 2.35 bits per heavy atom. The molecule has 1 saturated carbocycles. The number of nitrogens with one attached hydrogen (secondary N) is 1. The van der Waals surface area contributed by atoms with E-state index in [9.17, 15) is 9.59 Å². The van der Waals surface area contributed by atoms with E-state index in [0.717, 1.165) is 25.7 Å². The summed E-state index contributed by atoms with van der Waals surface area (Å²) in [6, 6.07) is 0. The number of hydrogen-bond donors (Lipinski definition) is 3. The molecule has 1 fully saturated rings. The van der Waals surface area contributed by atoms with Gasteiger partial charge in [0.1, 0.15) is 0 Å². The minimum absolute atomic E-state index is 0.0646. The molecule has 0 aromatic rings. The number of carbonyl (C=O) groups is 2. The molecule has 1 amide bonds. The van der Waals surface area contributed by atoms with Crippen molar-refractivity contribution in [2.24, 2.45) is 5.41 Å². The molecule has 1 aliphatic rings. The number of aliphatic carboxylic acids is 1. The molecule has 0 aliphatic heterocycles. The van der Waals surface area contributed by atoms with Crippen LogP contribution in [-0.2, 0) is 9.59 Å². The molecule has 1 atom stereocenters. The number of rotatable bonds is 6. The second-order valence-corrected chi connectivity index (χ2v) is 5.11. The number of carboxylic acids is 1. The van der Waals surface area contributed by atoms with Crippen molar-refractivity contribution in [3.63, 3.8) is 0 Å². The molecule has 3 N–H and O–H groups in total. The molecule has 0 aromatic heterocycles. The molecule has 5 heteroatoms. The number of carboxylic acid groups (broad SMARTS) is 1. The molecule has 5 nitrogen and oxygen atoms in total. The Kier molecular flexibility index (Phi) is 4.93. The van der Waals surface area contributed by atoms with E-state index in [-0.39, 0.29) is 30.7 Å². The molecule has 0 unspecified atom stereocenters. The van der Waals surface area contributed by atoms with E-state index in [0.29, 0.717) is 0 Å². The van der Waals surface area contributed by atoms with Crippen LogP contribution in [-0.4, -0.2) is 34.7 Å². The maximum atomic E-state index is 11.7. The van der Waals surface area contributed by atoms with Crippen LogP contribution in [0.4, 0.5) is 0 Å². The van der Waals surface area contributed by atoms with Crippen LogP contribution in [0.5, 0.6) is 0 Å². The molecule has 17 heavy (non-hydrogen) atoms. The topological polar surface area (TPSA) is 86.6 Å². The van der Waals surface area contributed by atoms with Gasteiger partial charge in [0.25, 0.3) is 0 Å². The second-order valence-electron chi connectivity index (χ2n) is 5.11. The van der Waals surface area contributed by atoms with E-state index in [1.807, 2.05) is 0 Å². The van der Waals surface area contributed by atoms with Crippen LogP contribution >= 0.6 is 0 Å². The van der Waals surface area contributed by atoms with Gasteiger partial charge in [-0.25, -0.2) is 0 Å². The number of carbonyl (C=O) groups excluding carboxylic acids is 1. The lowest BCUT2D eigenvalue weighted by Crippen LogP contribution is -2.35. The van der Waals surface area contributed by atoms with Crippen LogP contribution in [0.15, 0.2) is 0 Å². The number of aliphatic hydroxyl groups is 1. The second kappa shape index (κ2) is 6.00. The summed E-state index contributed by atoms with van der Waals surface area (Å²) >= 11 is 0. The van der Waals surface area contributed by atoms with Crippen LogP contribution in [0.25, 0.3) is 0 Å².